The normalized spacial score (nSPS) is 22.3. The average molecular weight is 509 g/mol. The molecule has 4 heterocycles. The van der Waals surface area contributed by atoms with Crippen molar-refractivity contribution in [2.24, 2.45) is 13.0 Å². The predicted molar refractivity (Wildman–Crippen MR) is 146 cm³/mol. The number of piperidine rings is 1. The highest BCUT2D eigenvalue weighted by Gasteiger charge is 2.37. The summed E-state index contributed by atoms with van der Waals surface area (Å²) in [6, 6.07) is 8.51. The van der Waals surface area contributed by atoms with Crippen molar-refractivity contribution in [3.8, 4) is 11.4 Å². The smallest absolute Gasteiger partial charge is 0.162 e. The molecule has 0 aliphatic carbocycles. The molecule has 0 bridgehead atoms. The molecule has 3 unspecified atom stereocenters. The van der Waals surface area contributed by atoms with E-state index in [0.29, 0.717) is 25.4 Å². The number of hydrogen-bond donors (Lipinski definition) is 1. The SMILES string of the molecule is Cc1cccc(C)c1-c1nc2c(c(N3CCC(O)C(C)C3Cl)n1)CN(c1cc(C(C)C)nn1C)CC2. The van der Waals surface area contributed by atoms with Gasteiger partial charge in [0, 0.05) is 56.2 Å². The van der Waals surface area contributed by atoms with Crippen LogP contribution in [0.15, 0.2) is 24.3 Å². The molecule has 0 amide bonds. The third-order valence-electron chi connectivity index (χ3n) is 7.81. The predicted octanol–water partition coefficient (Wildman–Crippen LogP) is 4.95. The van der Waals surface area contributed by atoms with E-state index in [4.69, 9.17) is 26.7 Å². The third kappa shape index (κ3) is 4.37. The van der Waals surface area contributed by atoms with Gasteiger partial charge in [-0.05, 0) is 37.3 Å². The lowest BCUT2D eigenvalue weighted by molar-refractivity contribution is 0.0894. The Hall–Kier alpha value is -2.64. The number of halogens is 1. The van der Waals surface area contributed by atoms with Crippen molar-refractivity contribution in [3.05, 3.63) is 52.3 Å². The van der Waals surface area contributed by atoms with Gasteiger partial charge in [-0.25, -0.2) is 9.97 Å². The number of aryl methyl sites for hydroxylation is 3. The molecule has 1 saturated heterocycles. The summed E-state index contributed by atoms with van der Waals surface area (Å²) in [5.74, 6) is 3.09. The minimum Gasteiger partial charge on any atom is -0.393 e. The van der Waals surface area contributed by atoms with E-state index in [1.807, 2.05) is 18.7 Å². The fraction of sp³-hybridized carbons (Fsp3) is 0.536. The van der Waals surface area contributed by atoms with E-state index in [0.717, 1.165) is 52.9 Å². The van der Waals surface area contributed by atoms with Crippen molar-refractivity contribution in [3.63, 3.8) is 0 Å². The molecule has 0 radical (unpaired) electrons. The van der Waals surface area contributed by atoms with Crippen LogP contribution in [-0.4, -0.2) is 49.5 Å². The molecule has 7 nitrogen and oxygen atoms in total. The second-order valence-corrected chi connectivity index (χ2v) is 11.2. The maximum absolute atomic E-state index is 10.5. The molecule has 1 fully saturated rings. The maximum Gasteiger partial charge on any atom is 0.162 e. The van der Waals surface area contributed by atoms with E-state index in [9.17, 15) is 5.11 Å². The summed E-state index contributed by atoms with van der Waals surface area (Å²) in [7, 11) is 2.01. The fourth-order valence-corrected chi connectivity index (χ4v) is 5.87. The van der Waals surface area contributed by atoms with E-state index in [1.54, 1.807) is 0 Å². The van der Waals surface area contributed by atoms with Crippen molar-refractivity contribution in [2.45, 2.75) is 71.5 Å². The van der Waals surface area contributed by atoms with Gasteiger partial charge in [0.25, 0.3) is 0 Å². The molecule has 3 aromatic rings. The van der Waals surface area contributed by atoms with Crippen LogP contribution in [0.25, 0.3) is 11.4 Å². The van der Waals surface area contributed by atoms with Gasteiger partial charge in [0.05, 0.1) is 17.5 Å². The Bertz CT molecular complexity index is 1250. The Balaban J connectivity index is 1.62. The number of rotatable bonds is 4. The van der Waals surface area contributed by atoms with Gasteiger partial charge >= 0.3 is 0 Å². The summed E-state index contributed by atoms with van der Waals surface area (Å²) in [6.07, 6.45) is 1.09. The van der Waals surface area contributed by atoms with Crippen LogP contribution in [0.5, 0.6) is 0 Å². The van der Waals surface area contributed by atoms with Crippen LogP contribution in [-0.2, 0) is 20.0 Å². The molecule has 1 N–H and O–H groups in total. The van der Waals surface area contributed by atoms with Crippen molar-refractivity contribution < 1.29 is 5.11 Å². The second-order valence-electron chi connectivity index (χ2n) is 10.7. The first kappa shape index (κ1) is 25.0. The van der Waals surface area contributed by atoms with Crippen LogP contribution < -0.4 is 9.80 Å². The number of alkyl halides is 1. The topological polar surface area (TPSA) is 70.3 Å². The van der Waals surface area contributed by atoms with Gasteiger partial charge in [0.15, 0.2) is 5.82 Å². The van der Waals surface area contributed by atoms with E-state index in [-0.39, 0.29) is 11.4 Å². The van der Waals surface area contributed by atoms with Gasteiger partial charge in [-0.1, -0.05) is 50.6 Å². The molecule has 3 atom stereocenters. The highest BCUT2D eigenvalue weighted by atomic mass is 35.5. The molecule has 1 aromatic carbocycles. The molecule has 8 heteroatoms. The minimum absolute atomic E-state index is 0.0555. The lowest BCUT2D eigenvalue weighted by atomic mass is 9.95. The maximum atomic E-state index is 10.5. The Kier molecular flexibility index (Phi) is 6.72. The first-order chi connectivity index (χ1) is 17.2. The fourth-order valence-electron chi connectivity index (χ4n) is 5.51. The van der Waals surface area contributed by atoms with Crippen LogP contribution >= 0.6 is 11.6 Å². The van der Waals surface area contributed by atoms with Crippen LogP contribution in [0.2, 0.25) is 0 Å². The van der Waals surface area contributed by atoms with Crippen molar-refractivity contribution in [2.75, 3.05) is 22.9 Å². The third-order valence-corrected chi connectivity index (χ3v) is 8.44. The van der Waals surface area contributed by atoms with Crippen LogP contribution in [0.4, 0.5) is 11.6 Å². The molecule has 192 valence electrons. The van der Waals surface area contributed by atoms with Gasteiger partial charge in [-0.2, -0.15) is 5.10 Å². The van der Waals surface area contributed by atoms with Crippen molar-refractivity contribution in [1.82, 2.24) is 19.7 Å². The Morgan fingerprint density at radius 1 is 1.11 bits per heavy atom. The van der Waals surface area contributed by atoms with E-state index in [1.165, 1.54) is 11.1 Å². The highest BCUT2D eigenvalue weighted by Crippen LogP contribution is 2.38. The number of anilines is 2. The van der Waals surface area contributed by atoms with Crippen molar-refractivity contribution in [1.29, 1.82) is 0 Å². The highest BCUT2D eigenvalue weighted by molar-refractivity contribution is 6.22. The largest absolute Gasteiger partial charge is 0.393 e. The van der Waals surface area contributed by atoms with E-state index >= 15 is 0 Å². The first-order valence-corrected chi connectivity index (χ1v) is 13.4. The quantitative estimate of drug-likeness (QED) is 0.397. The summed E-state index contributed by atoms with van der Waals surface area (Å²) in [5.41, 5.74) is 6.39. The average Bonchev–Trinajstić information content (AvgIpc) is 3.24. The lowest BCUT2D eigenvalue weighted by Crippen LogP contribution is -2.48. The van der Waals surface area contributed by atoms with Gasteiger partial charge in [0.1, 0.15) is 17.1 Å². The zero-order valence-electron chi connectivity index (χ0n) is 22.2. The Labute approximate surface area is 219 Å². The van der Waals surface area contributed by atoms with E-state index < -0.39 is 6.10 Å². The Morgan fingerprint density at radius 3 is 2.50 bits per heavy atom. The summed E-state index contributed by atoms with van der Waals surface area (Å²) in [4.78, 5) is 14.9. The molecule has 2 aliphatic rings. The summed E-state index contributed by atoms with van der Waals surface area (Å²) >= 11 is 6.96. The number of hydrogen-bond acceptors (Lipinski definition) is 6. The zero-order valence-corrected chi connectivity index (χ0v) is 22.9. The van der Waals surface area contributed by atoms with Gasteiger partial charge in [-0.15, -0.1) is 0 Å². The van der Waals surface area contributed by atoms with Crippen molar-refractivity contribution >= 4 is 23.2 Å². The summed E-state index contributed by atoms with van der Waals surface area (Å²) in [5, 5.41) is 15.2. The Morgan fingerprint density at radius 2 is 1.83 bits per heavy atom. The number of aromatic nitrogens is 4. The molecular formula is C28H37ClN6O. The molecule has 2 aliphatic heterocycles. The first-order valence-electron chi connectivity index (χ1n) is 13.0. The zero-order chi connectivity index (χ0) is 25.7. The summed E-state index contributed by atoms with van der Waals surface area (Å²) < 4.78 is 1.98. The van der Waals surface area contributed by atoms with E-state index in [2.05, 4.69) is 61.8 Å². The number of fused-ring (bicyclic) bond motifs is 1. The molecule has 2 aromatic heterocycles. The monoisotopic (exact) mass is 508 g/mol. The number of aliphatic hydroxyl groups excluding tert-OH is 1. The lowest BCUT2D eigenvalue weighted by Gasteiger charge is -2.42. The molecule has 5 rings (SSSR count). The number of aliphatic hydroxyl groups is 1. The summed E-state index contributed by atoms with van der Waals surface area (Å²) in [6.45, 7) is 12.8. The van der Waals surface area contributed by atoms with Crippen LogP contribution in [0, 0.1) is 19.8 Å². The molecular weight excluding hydrogens is 472 g/mol. The number of nitrogens with zero attached hydrogens (tertiary/aromatic N) is 6. The molecule has 0 spiro atoms. The van der Waals surface area contributed by atoms with Crippen LogP contribution in [0.3, 0.4) is 0 Å². The van der Waals surface area contributed by atoms with Crippen LogP contribution in [0.1, 0.15) is 61.2 Å². The van der Waals surface area contributed by atoms with Gasteiger partial charge in [-0.3, -0.25) is 4.68 Å². The standard InChI is InChI=1S/C28H37ClN6O/c1-16(2)22-14-24(33(6)32-22)34-12-10-21-20(15-34)28(35-13-11-23(36)19(5)26(35)29)31-27(30-21)25-17(3)8-7-9-18(25)4/h7-9,14,16,19,23,26,36H,10-13,15H2,1-6H3. The van der Waals surface area contributed by atoms with Gasteiger partial charge in [0.2, 0.25) is 0 Å². The second kappa shape index (κ2) is 9.67. The van der Waals surface area contributed by atoms with Gasteiger partial charge < -0.3 is 14.9 Å². The molecule has 0 saturated carbocycles. The minimum atomic E-state index is -0.403. The molecule has 36 heavy (non-hydrogen) atoms. The number of benzene rings is 1.